The van der Waals surface area contributed by atoms with Gasteiger partial charge in [0.15, 0.2) is 0 Å². The molecule has 1 aliphatic rings. The fourth-order valence-corrected chi connectivity index (χ4v) is 3.40. The molecule has 1 saturated carbocycles. The minimum absolute atomic E-state index is 0.0396. The highest BCUT2D eigenvalue weighted by Crippen LogP contribution is 2.27. The lowest BCUT2D eigenvalue weighted by molar-refractivity contribution is 0.00945. The highest BCUT2D eigenvalue weighted by atomic mass is 35.5. The molecule has 0 unspecified atom stereocenters. The number of nitrogens with one attached hydrogen (secondary N) is 1. The zero-order chi connectivity index (χ0) is 13.9. The second-order valence-electron chi connectivity index (χ2n) is 4.93. The number of sulfonamides is 1. The largest absolute Gasteiger partial charge is 0.389 e. The molecule has 1 heterocycles. The Bertz CT molecular complexity index is 524. The standard InChI is InChI=1S/C12H17ClN2O3S/c13-11-5-4-10(8-14-11)19(17,18)15-9-12(16)6-2-1-3-7-12/h4-5,8,15-16H,1-3,6-7,9H2. The Hall–Kier alpha value is -0.690. The first-order valence-electron chi connectivity index (χ1n) is 6.25. The second kappa shape index (κ2) is 5.75. The minimum atomic E-state index is -3.65. The summed E-state index contributed by atoms with van der Waals surface area (Å²) in [6.45, 7) is 0.0396. The van der Waals surface area contributed by atoms with E-state index in [4.69, 9.17) is 11.6 Å². The Morgan fingerprint density at radius 2 is 2.00 bits per heavy atom. The van der Waals surface area contributed by atoms with E-state index in [9.17, 15) is 13.5 Å². The molecule has 0 saturated heterocycles. The van der Waals surface area contributed by atoms with Crippen molar-refractivity contribution in [3.05, 3.63) is 23.5 Å². The van der Waals surface area contributed by atoms with Gasteiger partial charge in [0, 0.05) is 12.7 Å². The van der Waals surface area contributed by atoms with E-state index in [1.54, 1.807) is 0 Å². The van der Waals surface area contributed by atoms with E-state index in [0.29, 0.717) is 12.8 Å². The van der Waals surface area contributed by atoms with E-state index in [2.05, 4.69) is 9.71 Å². The van der Waals surface area contributed by atoms with Gasteiger partial charge >= 0.3 is 0 Å². The summed E-state index contributed by atoms with van der Waals surface area (Å²) in [5.41, 5.74) is -0.925. The molecule has 2 N–H and O–H groups in total. The average molecular weight is 305 g/mol. The smallest absolute Gasteiger partial charge is 0.242 e. The molecule has 0 bridgehead atoms. The van der Waals surface area contributed by atoms with Gasteiger partial charge in [-0.25, -0.2) is 18.1 Å². The van der Waals surface area contributed by atoms with Crippen LogP contribution >= 0.6 is 11.6 Å². The van der Waals surface area contributed by atoms with E-state index in [-0.39, 0.29) is 16.6 Å². The lowest BCUT2D eigenvalue weighted by Gasteiger charge is -2.31. The zero-order valence-corrected chi connectivity index (χ0v) is 12.0. The topological polar surface area (TPSA) is 79.3 Å². The second-order valence-corrected chi connectivity index (χ2v) is 7.08. The van der Waals surface area contributed by atoms with Gasteiger partial charge in [-0.3, -0.25) is 0 Å². The van der Waals surface area contributed by atoms with Gasteiger partial charge in [-0.1, -0.05) is 30.9 Å². The van der Waals surface area contributed by atoms with Crippen LogP contribution in [0.4, 0.5) is 0 Å². The summed E-state index contributed by atoms with van der Waals surface area (Å²) >= 11 is 5.62. The SMILES string of the molecule is O=S(=O)(NCC1(O)CCCCC1)c1ccc(Cl)nc1. The number of halogens is 1. The summed E-state index contributed by atoms with van der Waals surface area (Å²) in [7, 11) is -3.65. The average Bonchev–Trinajstić information content (AvgIpc) is 2.38. The summed E-state index contributed by atoms with van der Waals surface area (Å²) in [6.07, 6.45) is 5.43. The summed E-state index contributed by atoms with van der Waals surface area (Å²) in [6, 6.07) is 2.81. The van der Waals surface area contributed by atoms with Gasteiger partial charge in [0.25, 0.3) is 0 Å². The highest BCUT2D eigenvalue weighted by molar-refractivity contribution is 7.89. The normalized spacial score (nSPS) is 19.3. The fraction of sp³-hybridized carbons (Fsp3) is 0.583. The van der Waals surface area contributed by atoms with Crippen molar-refractivity contribution in [1.29, 1.82) is 0 Å². The molecule has 7 heteroatoms. The first kappa shape index (κ1) is 14.7. The molecule has 5 nitrogen and oxygen atoms in total. The Morgan fingerprint density at radius 3 is 2.58 bits per heavy atom. The molecule has 0 amide bonds. The highest BCUT2D eigenvalue weighted by Gasteiger charge is 2.30. The fourth-order valence-electron chi connectivity index (χ4n) is 2.22. The molecule has 0 aromatic carbocycles. The predicted molar refractivity (Wildman–Crippen MR) is 72.5 cm³/mol. The van der Waals surface area contributed by atoms with E-state index >= 15 is 0 Å². The van der Waals surface area contributed by atoms with Gasteiger partial charge in [-0.15, -0.1) is 0 Å². The molecule has 2 rings (SSSR count). The zero-order valence-electron chi connectivity index (χ0n) is 10.5. The van der Waals surface area contributed by atoms with Crippen molar-refractivity contribution < 1.29 is 13.5 Å². The van der Waals surface area contributed by atoms with Crippen LogP contribution in [0.1, 0.15) is 32.1 Å². The van der Waals surface area contributed by atoms with Gasteiger partial charge in [-0.2, -0.15) is 0 Å². The molecule has 106 valence electrons. The van der Waals surface area contributed by atoms with Crippen molar-refractivity contribution in [1.82, 2.24) is 9.71 Å². The third kappa shape index (κ3) is 3.89. The Labute approximate surface area is 118 Å². The van der Waals surface area contributed by atoms with Gasteiger partial charge in [-0.05, 0) is 25.0 Å². The molecule has 0 spiro atoms. The van der Waals surface area contributed by atoms with Crippen LogP contribution in [-0.2, 0) is 10.0 Å². The first-order valence-corrected chi connectivity index (χ1v) is 8.11. The van der Waals surface area contributed by atoms with Crippen LogP contribution < -0.4 is 4.72 Å². The number of aliphatic hydroxyl groups is 1. The summed E-state index contributed by atoms with van der Waals surface area (Å²) in [4.78, 5) is 3.79. The van der Waals surface area contributed by atoms with Crippen LogP contribution in [0, 0.1) is 0 Å². The number of nitrogens with zero attached hydrogens (tertiary/aromatic N) is 1. The Kier molecular flexibility index (Phi) is 4.45. The molecular weight excluding hydrogens is 288 g/mol. The molecule has 0 radical (unpaired) electrons. The Morgan fingerprint density at radius 1 is 1.32 bits per heavy atom. The van der Waals surface area contributed by atoms with E-state index < -0.39 is 15.6 Å². The molecule has 1 aromatic rings. The van der Waals surface area contributed by atoms with Crippen molar-refractivity contribution in [3.8, 4) is 0 Å². The van der Waals surface area contributed by atoms with Crippen LogP contribution in [-0.4, -0.2) is 30.7 Å². The van der Waals surface area contributed by atoms with Crippen molar-refractivity contribution in [2.75, 3.05) is 6.54 Å². The maximum Gasteiger partial charge on any atom is 0.242 e. The van der Waals surface area contributed by atoms with Crippen molar-refractivity contribution in [3.63, 3.8) is 0 Å². The summed E-state index contributed by atoms with van der Waals surface area (Å²) in [5, 5.41) is 10.5. The molecule has 19 heavy (non-hydrogen) atoms. The van der Waals surface area contributed by atoms with Crippen LogP contribution in [0.2, 0.25) is 5.15 Å². The van der Waals surface area contributed by atoms with Crippen molar-refractivity contribution >= 4 is 21.6 Å². The lowest BCUT2D eigenvalue weighted by Crippen LogP contribution is -2.44. The maximum atomic E-state index is 12.0. The van der Waals surface area contributed by atoms with Crippen molar-refractivity contribution in [2.24, 2.45) is 0 Å². The van der Waals surface area contributed by atoms with Gasteiger partial charge in [0.1, 0.15) is 10.0 Å². The van der Waals surface area contributed by atoms with Crippen LogP contribution in [0.3, 0.4) is 0 Å². The van der Waals surface area contributed by atoms with E-state index in [1.165, 1.54) is 18.3 Å². The third-order valence-corrected chi connectivity index (χ3v) is 5.00. The van der Waals surface area contributed by atoms with E-state index in [0.717, 1.165) is 19.3 Å². The van der Waals surface area contributed by atoms with Crippen LogP contribution in [0.25, 0.3) is 0 Å². The summed E-state index contributed by atoms with van der Waals surface area (Å²) < 4.78 is 26.5. The molecule has 1 fully saturated rings. The molecule has 1 aromatic heterocycles. The number of pyridine rings is 1. The predicted octanol–water partition coefficient (Wildman–Crippen LogP) is 1.71. The lowest BCUT2D eigenvalue weighted by atomic mass is 9.85. The van der Waals surface area contributed by atoms with Crippen LogP contribution in [0.15, 0.2) is 23.2 Å². The maximum absolute atomic E-state index is 12.0. The van der Waals surface area contributed by atoms with Crippen molar-refractivity contribution in [2.45, 2.75) is 42.6 Å². The van der Waals surface area contributed by atoms with Gasteiger partial charge < -0.3 is 5.11 Å². The quantitative estimate of drug-likeness (QED) is 0.830. The molecule has 1 aliphatic carbocycles. The minimum Gasteiger partial charge on any atom is -0.389 e. The van der Waals surface area contributed by atoms with E-state index in [1.807, 2.05) is 0 Å². The third-order valence-electron chi connectivity index (χ3n) is 3.39. The number of hydrogen-bond acceptors (Lipinski definition) is 4. The first-order chi connectivity index (χ1) is 8.91. The monoisotopic (exact) mass is 304 g/mol. The Balaban J connectivity index is 2.03. The van der Waals surface area contributed by atoms with Crippen LogP contribution in [0.5, 0.6) is 0 Å². The number of rotatable bonds is 4. The molecule has 0 aliphatic heterocycles. The summed E-state index contributed by atoms with van der Waals surface area (Å²) in [5.74, 6) is 0. The number of hydrogen-bond donors (Lipinski definition) is 2. The molecule has 0 atom stereocenters. The molecular formula is C12H17ClN2O3S. The number of aromatic nitrogens is 1. The van der Waals surface area contributed by atoms with Gasteiger partial charge in [0.05, 0.1) is 5.60 Å². The van der Waals surface area contributed by atoms with Gasteiger partial charge in [0.2, 0.25) is 10.0 Å².